The third-order valence-electron chi connectivity index (χ3n) is 3.12. The first-order chi connectivity index (χ1) is 11.5. The Labute approximate surface area is 139 Å². The first kappa shape index (κ1) is 17.0. The van der Waals surface area contributed by atoms with E-state index < -0.39 is 18.0 Å². The average molecular weight is 325 g/mol. The quantitative estimate of drug-likeness (QED) is 0.620. The molecule has 0 saturated heterocycles. The molecule has 0 spiro atoms. The molecule has 0 fully saturated rings. The molecule has 0 amide bonds. The van der Waals surface area contributed by atoms with Crippen molar-refractivity contribution in [3.63, 3.8) is 0 Å². The molecule has 0 heterocycles. The number of esters is 2. The minimum absolute atomic E-state index is 0.294. The number of hydrogen-bond acceptors (Lipinski definition) is 6. The lowest BCUT2D eigenvalue weighted by atomic mass is 10.2. The number of rotatable bonds is 5. The molecule has 0 N–H and O–H groups in total. The lowest BCUT2D eigenvalue weighted by Crippen LogP contribution is -2.28. The van der Waals surface area contributed by atoms with E-state index in [1.807, 2.05) is 6.07 Å². The molecular formula is C18H15NO5. The summed E-state index contributed by atoms with van der Waals surface area (Å²) in [4.78, 5) is 23.4. The minimum atomic E-state index is -0.835. The fourth-order valence-electron chi connectivity index (χ4n) is 1.84. The molecule has 0 aliphatic heterocycles. The maximum Gasteiger partial charge on any atom is 0.352 e. The van der Waals surface area contributed by atoms with Gasteiger partial charge in [0.1, 0.15) is 11.5 Å². The van der Waals surface area contributed by atoms with Crippen LogP contribution in [0.3, 0.4) is 0 Å². The zero-order chi connectivity index (χ0) is 17.5. The van der Waals surface area contributed by atoms with Gasteiger partial charge in [-0.2, -0.15) is 5.26 Å². The summed E-state index contributed by atoms with van der Waals surface area (Å²) in [6.07, 6.45) is -0.835. The van der Waals surface area contributed by atoms with Crippen molar-refractivity contribution in [2.75, 3.05) is 7.11 Å². The molecule has 0 aliphatic rings. The lowest BCUT2D eigenvalue weighted by Gasteiger charge is -2.14. The Morgan fingerprint density at radius 1 is 1.00 bits per heavy atom. The Kier molecular flexibility index (Phi) is 5.53. The smallest absolute Gasteiger partial charge is 0.352 e. The first-order valence-corrected chi connectivity index (χ1v) is 7.10. The van der Waals surface area contributed by atoms with E-state index >= 15 is 0 Å². The van der Waals surface area contributed by atoms with Gasteiger partial charge >= 0.3 is 11.9 Å². The van der Waals surface area contributed by atoms with E-state index in [9.17, 15) is 9.59 Å². The van der Waals surface area contributed by atoms with E-state index in [4.69, 9.17) is 14.7 Å². The summed E-state index contributed by atoms with van der Waals surface area (Å²) in [5.41, 5.74) is 0.863. The average Bonchev–Trinajstić information content (AvgIpc) is 2.62. The highest BCUT2D eigenvalue weighted by molar-refractivity contribution is 5.89. The highest BCUT2D eigenvalue weighted by atomic mass is 16.6. The molecule has 2 rings (SSSR count). The second-order valence-electron chi connectivity index (χ2n) is 4.83. The number of hydrogen-bond donors (Lipinski definition) is 0. The van der Waals surface area contributed by atoms with Crippen LogP contribution in [-0.2, 0) is 9.53 Å². The summed E-state index contributed by atoms with van der Waals surface area (Å²) in [5, 5.41) is 8.74. The summed E-state index contributed by atoms with van der Waals surface area (Å²) in [6, 6.07) is 14.4. The Morgan fingerprint density at radius 3 is 2.12 bits per heavy atom. The molecule has 0 radical (unpaired) electrons. The fourth-order valence-corrected chi connectivity index (χ4v) is 1.84. The van der Waals surface area contributed by atoms with Crippen molar-refractivity contribution in [2.45, 2.75) is 13.0 Å². The number of carbonyl (C=O) groups is 2. The Hall–Kier alpha value is -3.33. The van der Waals surface area contributed by atoms with Crippen molar-refractivity contribution in [3.05, 3.63) is 59.7 Å². The van der Waals surface area contributed by atoms with Crippen molar-refractivity contribution >= 4 is 11.9 Å². The van der Waals surface area contributed by atoms with Crippen molar-refractivity contribution in [1.82, 2.24) is 0 Å². The van der Waals surface area contributed by atoms with Gasteiger partial charge in [0.25, 0.3) is 0 Å². The number of carbonyl (C=O) groups excluding carboxylic acids is 2. The monoisotopic (exact) mass is 325 g/mol. The van der Waals surface area contributed by atoms with Crippen LogP contribution in [0.1, 0.15) is 22.8 Å². The summed E-state index contributed by atoms with van der Waals surface area (Å²) >= 11 is 0. The van der Waals surface area contributed by atoms with Crippen LogP contribution in [0.25, 0.3) is 0 Å². The molecule has 122 valence electrons. The Morgan fingerprint density at radius 2 is 1.58 bits per heavy atom. The molecule has 1 atom stereocenters. The van der Waals surface area contributed by atoms with Crippen molar-refractivity contribution in [3.8, 4) is 17.6 Å². The SMILES string of the molecule is COC(=O)c1ccc(OC(=O)[C@@H](C)Oc2ccc(C#N)cc2)cc1. The molecule has 6 nitrogen and oxygen atoms in total. The van der Waals surface area contributed by atoms with E-state index in [0.29, 0.717) is 22.6 Å². The Balaban J connectivity index is 1.95. The molecule has 0 unspecified atom stereocenters. The number of ether oxygens (including phenoxy) is 3. The van der Waals surface area contributed by atoms with Gasteiger partial charge in [-0.15, -0.1) is 0 Å². The van der Waals surface area contributed by atoms with E-state index in [-0.39, 0.29) is 0 Å². The molecular weight excluding hydrogens is 310 g/mol. The van der Waals surface area contributed by atoms with Gasteiger partial charge in [0, 0.05) is 0 Å². The zero-order valence-electron chi connectivity index (χ0n) is 13.2. The Bertz CT molecular complexity index is 759. The summed E-state index contributed by atoms with van der Waals surface area (Å²) in [7, 11) is 1.29. The van der Waals surface area contributed by atoms with Crippen molar-refractivity contribution < 1.29 is 23.8 Å². The normalized spacial score (nSPS) is 11.0. The van der Waals surface area contributed by atoms with Gasteiger partial charge in [0.15, 0.2) is 6.10 Å². The van der Waals surface area contributed by atoms with E-state index in [2.05, 4.69) is 4.74 Å². The summed E-state index contributed by atoms with van der Waals surface area (Å²) in [6.45, 7) is 1.56. The molecule has 0 aliphatic carbocycles. The van der Waals surface area contributed by atoms with Crippen molar-refractivity contribution in [1.29, 1.82) is 5.26 Å². The molecule has 2 aromatic carbocycles. The van der Waals surface area contributed by atoms with Crippen molar-refractivity contribution in [2.24, 2.45) is 0 Å². The molecule has 6 heteroatoms. The van der Waals surface area contributed by atoms with Gasteiger partial charge in [0.2, 0.25) is 0 Å². The maximum atomic E-state index is 12.0. The van der Waals surface area contributed by atoms with Gasteiger partial charge in [0.05, 0.1) is 24.3 Å². The second kappa shape index (κ2) is 7.79. The third kappa shape index (κ3) is 4.34. The van der Waals surface area contributed by atoms with E-state index in [1.165, 1.54) is 31.4 Å². The predicted molar refractivity (Wildman–Crippen MR) is 84.7 cm³/mol. The number of methoxy groups -OCH3 is 1. The summed E-state index contributed by atoms with van der Waals surface area (Å²) < 4.78 is 15.3. The third-order valence-corrected chi connectivity index (χ3v) is 3.12. The lowest BCUT2D eigenvalue weighted by molar-refractivity contribution is -0.141. The molecule has 2 aromatic rings. The van der Waals surface area contributed by atoms with Crippen LogP contribution in [0.4, 0.5) is 0 Å². The summed E-state index contributed by atoms with van der Waals surface area (Å²) in [5.74, 6) is -0.294. The van der Waals surface area contributed by atoms with E-state index in [1.54, 1.807) is 31.2 Å². The van der Waals surface area contributed by atoms with Crippen LogP contribution in [0.15, 0.2) is 48.5 Å². The molecule has 0 aromatic heterocycles. The van der Waals surface area contributed by atoms with Crippen LogP contribution >= 0.6 is 0 Å². The van der Waals surface area contributed by atoms with Gasteiger partial charge in [-0.05, 0) is 55.5 Å². The van der Waals surface area contributed by atoms with E-state index in [0.717, 1.165) is 0 Å². The predicted octanol–water partition coefficient (Wildman–Crippen LogP) is 2.72. The maximum absolute atomic E-state index is 12.0. The van der Waals surface area contributed by atoms with Crippen LogP contribution in [0, 0.1) is 11.3 Å². The first-order valence-electron chi connectivity index (χ1n) is 7.10. The van der Waals surface area contributed by atoms with Crippen LogP contribution in [0.2, 0.25) is 0 Å². The zero-order valence-corrected chi connectivity index (χ0v) is 13.2. The number of nitrogens with zero attached hydrogens (tertiary/aromatic N) is 1. The number of nitriles is 1. The topological polar surface area (TPSA) is 85.6 Å². The standard InChI is InChI=1S/C18H15NO5/c1-12(23-15-7-3-13(11-19)4-8-15)17(20)24-16-9-5-14(6-10-16)18(21)22-2/h3-10,12H,1-2H3/t12-/m1/s1. The van der Waals surface area contributed by atoms with Gasteiger partial charge in [-0.25, -0.2) is 9.59 Å². The van der Waals surface area contributed by atoms with Crippen LogP contribution in [0.5, 0.6) is 11.5 Å². The minimum Gasteiger partial charge on any atom is -0.479 e. The second-order valence-corrected chi connectivity index (χ2v) is 4.83. The van der Waals surface area contributed by atoms with Crippen LogP contribution in [-0.4, -0.2) is 25.2 Å². The van der Waals surface area contributed by atoms with Gasteiger partial charge < -0.3 is 14.2 Å². The largest absolute Gasteiger partial charge is 0.479 e. The fraction of sp³-hybridized carbons (Fsp3) is 0.167. The molecule has 24 heavy (non-hydrogen) atoms. The molecule has 0 bridgehead atoms. The van der Waals surface area contributed by atoms with Crippen LogP contribution < -0.4 is 9.47 Å². The molecule has 0 saturated carbocycles. The van der Waals surface area contributed by atoms with Gasteiger partial charge in [-0.1, -0.05) is 0 Å². The highest BCUT2D eigenvalue weighted by Gasteiger charge is 2.17. The van der Waals surface area contributed by atoms with Gasteiger partial charge in [-0.3, -0.25) is 0 Å². The number of benzene rings is 2. The highest BCUT2D eigenvalue weighted by Crippen LogP contribution is 2.16.